The van der Waals surface area contributed by atoms with Crippen molar-refractivity contribution in [3.05, 3.63) is 72.7 Å². The lowest BCUT2D eigenvalue weighted by Gasteiger charge is -2.41. The number of nitrogens with two attached hydrogens (primary N) is 1. The van der Waals surface area contributed by atoms with Crippen molar-refractivity contribution < 1.29 is 8.42 Å². The molecule has 6 rings (SSSR count). The average molecular weight is 560 g/mol. The van der Waals surface area contributed by atoms with Crippen LogP contribution in [0.4, 0.5) is 5.82 Å². The second kappa shape index (κ2) is 11.3. The monoisotopic (exact) mass is 559 g/mol. The van der Waals surface area contributed by atoms with Gasteiger partial charge in [-0.2, -0.15) is 0 Å². The van der Waals surface area contributed by atoms with Crippen LogP contribution in [0, 0.1) is 0 Å². The van der Waals surface area contributed by atoms with Gasteiger partial charge in [0, 0.05) is 56.6 Å². The Morgan fingerprint density at radius 1 is 0.900 bits per heavy atom. The Labute approximate surface area is 236 Å². The van der Waals surface area contributed by atoms with E-state index in [0.29, 0.717) is 17.9 Å². The molecule has 1 saturated carbocycles. The highest BCUT2D eigenvalue weighted by Crippen LogP contribution is 2.39. The molecule has 210 valence electrons. The summed E-state index contributed by atoms with van der Waals surface area (Å²) in [5.74, 6) is 0.476. The summed E-state index contributed by atoms with van der Waals surface area (Å²) in [7, 11) is -1.36. The molecule has 0 spiro atoms. The number of benzene rings is 2. The van der Waals surface area contributed by atoms with Gasteiger partial charge >= 0.3 is 0 Å². The molecule has 0 atom stereocenters. The van der Waals surface area contributed by atoms with Gasteiger partial charge < -0.3 is 15.2 Å². The minimum atomic E-state index is -3.57. The van der Waals surface area contributed by atoms with Gasteiger partial charge in [0.1, 0.15) is 17.8 Å². The maximum absolute atomic E-state index is 12.6. The minimum absolute atomic E-state index is 0.209. The zero-order valence-electron chi connectivity index (χ0n) is 22.9. The fraction of sp³-hybridized carbons (Fsp3) is 0.400. The van der Waals surface area contributed by atoms with Crippen molar-refractivity contribution in [2.45, 2.75) is 49.2 Å². The van der Waals surface area contributed by atoms with Crippen LogP contribution >= 0.6 is 0 Å². The number of nitrogens with zero attached hydrogens (tertiary/aromatic N) is 5. The quantitative estimate of drug-likeness (QED) is 0.354. The van der Waals surface area contributed by atoms with E-state index in [1.165, 1.54) is 12.8 Å². The fourth-order valence-corrected chi connectivity index (χ4v) is 7.20. The van der Waals surface area contributed by atoms with Crippen molar-refractivity contribution in [2.24, 2.45) is 0 Å². The molecule has 0 amide bonds. The van der Waals surface area contributed by atoms with Gasteiger partial charge in [-0.3, -0.25) is 4.90 Å². The van der Waals surface area contributed by atoms with Crippen molar-refractivity contribution in [3.63, 3.8) is 0 Å². The molecule has 1 aliphatic heterocycles. The van der Waals surface area contributed by atoms with Crippen LogP contribution in [0.2, 0.25) is 0 Å². The third-order valence-corrected chi connectivity index (χ3v) is 9.95. The van der Waals surface area contributed by atoms with Crippen LogP contribution in [0.15, 0.2) is 72.0 Å². The molecule has 1 aliphatic carbocycles. The Bertz CT molecular complexity index is 1560. The molecule has 2 aromatic carbocycles. The van der Waals surface area contributed by atoms with E-state index in [0.717, 1.165) is 66.7 Å². The Morgan fingerprint density at radius 3 is 2.27 bits per heavy atom. The van der Waals surface area contributed by atoms with Gasteiger partial charge in [-0.15, -0.1) is 0 Å². The normalized spacial score (nSPS) is 21.1. The van der Waals surface area contributed by atoms with E-state index in [1.807, 2.05) is 24.3 Å². The first kappa shape index (κ1) is 26.9. The predicted octanol–water partition coefficient (Wildman–Crippen LogP) is 3.89. The number of hydrogen-bond donors (Lipinski definition) is 2. The maximum atomic E-state index is 12.6. The van der Waals surface area contributed by atoms with Gasteiger partial charge in [0.15, 0.2) is 0 Å². The summed E-state index contributed by atoms with van der Waals surface area (Å²) in [6.45, 7) is 4.84. The molecule has 0 radical (unpaired) electrons. The summed E-state index contributed by atoms with van der Waals surface area (Å²) in [6.07, 6.45) is 8.35. The van der Waals surface area contributed by atoms with Crippen molar-refractivity contribution in [1.82, 2.24) is 29.1 Å². The number of hydrogen-bond acceptors (Lipinski definition) is 7. The SMILES string of the molecule is CN1CCN([C@H]2CC[C@H](n3cc(-c4ccc(CNS(=O)(=O)c5ccccc5)cc4)c4c(N)ncnc43)CC2)CC1. The lowest BCUT2D eigenvalue weighted by molar-refractivity contribution is 0.0828. The summed E-state index contributed by atoms with van der Waals surface area (Å²) in [6, 6.07) is 17.4. The first-order valence-electron chi connectivity index (χ1n) is 14.1. The molecule has 2 aromatic heterocycles. The van der Waals surface area contributed by atoms with E-state index >= 15 is 0 Å². The Morgan fingerprint density at radius 2 is 1.57 bits per heavy atom. The minimum Gasteiger partial charge on any atom is -0.383 e. The fourth-order valence-electron chi connectivity index (χ4n) is 6.16. The predicted molar refractivity (Wildman–Crippen MR) is 158 cm³/mol. The highest BCUT2D eigenvalue weighted by molar-refractivity contribution is 7.89. The number of nitrogen functional groups attached to an aromatic ring is 1. The molecular formula is C30H37N7O2S. The highest BCUT2D eigenvalue weighted by Gasteiger charge is 2.30. The van der Waals surface area contributed by atoms with Gasteiger partial charge in [-0.25, -0.2) is 23.1 Å². The van der Waals surface area contributed by atoms with Gasteiger partial charge in [0.05, 0.1) is 10.3 Å². The summed E-state index contributed by atoms with van der Waals surface area (Å²) < 4.78 is 30.2. The van der Waals surface area contributed by atoms with Crippen molar-refractivity contribution >= 4 is 26.9 Å². The van der Waals surface area contributed by atoms with Crippen LogP contribution in [-0.4, -0.2) is 72.0 Å². The summed E-state index contributed by atoms with van der Waals surface area (Å²) >= 11 is 0. The molecular weight excluding hydrogens is 522 g/mol. The summed E-state index contributed by atoms with van der Waals surface area (Å²) in [4.78, 5) is 14.3. The van der Waals surface area contributed by atoms with Gasteiger partial charge in [0.25, 0.3) is 0 Å². The zero-order valence-corrected chi connectivity index (χ0v) is 23.7. The molecule has 40 heavy (non-hydrogen) atoms. The van der Waals surface area contributed by atoms with Crippen molar-refractivity contribution in [2.75, 3.05) is 39.0 Å². The van der Waals surface area contributed by atoms with Crippen molar-refractivity contribution in [3.8, 4) is 11.1 Å². The Kier molecular flexibility index (Phi) is 7.59. The third-order valence-electron chi connectivity index (χ3n) is 8.54. The summed E-state index contributed by atoms with van der Waals surface area (Å²) in [5.41, 5.74) is 10.2. The Balaban J connectivity index is 1.19. The van der Waals surface area contributed by atoms with E-state index in [9.17, 15) is 8.42 Å². The Hall–Kier alpha value is -3.31. The molecule has 3 heterocycles. The largest absolute Gasteiger partial charge is 0.383 e. The molecule has 4 aromatic rings. The van der Waals surface area contributed by atoms with Crippen LogP contribution < -0.4 is 10.5 Å². The van der Waals surface area contributed by atoms with Gasteiger partial charge in [-0.1, -0.05) is 42.5 Å². The number of rotatable bonds is 7. The first-order valence-corrected chi connectivity index (χ1v) is 15.5. The second-order valence-electron chi connectivity index (χ2n) is 11.0. The molecule has 3 N–H and O–H groups in total. The zero-order chi connectivity index (χ0) is 27.7. The molecule has 1 saturated heterocycles. The topological polar surface area (TPSA) is 109 Å². The van der Waals surface area contributed by atoms with E-state index < -0.39 is 10.0 Å². The van der Waals surface area contributed by atoms with Gasteiger partial charge in [0.2, 0.25) is 10.0 Å². The first-order chi connectivity index (χ1) is 19.4. The summed E-state index contributed by atoms with van der Waals surface area (Å²) in [5, 5.41) is 0.876. The number of piperazine rings is 1. The van der Waals surface area contributed by atoms with Crippen molar-refractivity contribution in [1.29, 1.82) is 0 Å². The standard InChI is InChI=1S/C30H37N7O2S/c1-35-15-17-36(18-16-35)24-11-13-25(14-12-24)37-20-27(28-29(31)32-21-33-30(28)37)23-9-7-22(8-10-23)19-34-40(38,39)26-5-3-2-4-6-26/h2-10,20-21,24-25,34H,11-19H2,1H3,(H2,31,32,33)/t24-,25-. The van der Waals surface area contributed by atoms with Crippen LogP contribution in [0.3, 0.4) is 0 Å². The van der Waals surface area contributed by atoms with E-state index in [1.54, 1.807) is 36.7 Å². The molecule has 2 fully saturated rings. The van der Waals surface area contributed by atoms with Crippen LogP contribution in [0.5, 0.6) is 0 Å². The lowest BCUT2D eigenvalue weighted by atomic mass is 9.89. The van der Waals surface area contributed by atoms with Crippen LogP contribution in [0.25, 0.3) is 22.2 Å². The van der Waals surface area contributed by atoms with E-state index in [2.05, 4.69) is 42.3 Å². The average Bonchev–Trinajstić information content (AvgIpc) is 3.38. The number of sulfonamides is 1. The smallest absolute Gasteiger partial charge is 0.240 e. The molecule has 9 nitrogen and oxygen atoms in total. The number of nitrogens with one attached hydrogen (secondary N) is 1. The number of anilines is 1. The van der Waals surface area contributed by atoms with Gasteiger partial charge in [-0.05, 0) is 56.0 Å². The number of likely N-dealkylation sites (N-methyl/N-ethyl adjacent to an activating group) is 1. The molecule has 0 unspecified atom stereocenters. The molecule has 0 bridgehead atoms. The van der Waals surface area contributed by atoms with Crippen LogP contribution in [-0.2, 0) is 16.6 Å². The third kappa shape index (κ3) is 5.49. The number of fused-ring (bicyclic) bond motifs is 1. The van der Waals surface area contributed by atoms with E-state index in [-0.39, 0.29) is 11.4 Å². The maximum Gasteiger partial charge on any atom is 0.240 e. The lowest BCUT2D eigenvalue weighted by Crippen LogP contribution is -2.49. The second-order valence-corrected chi connectivity index (χ2v) is 12.8. The number of aromatic nitrogens is 3. The highest BCUT2D eigenvalue weighted by atomic mass is 32.2. The van der Waals surface area contributed by atoms with Crippen LogP contribution in [0.1, 0.15) is 37.3 Å². The molecule has 2 aliphatic rings. The molecule has 10 heteroatoms. The van der Waals surface area contributed by atoms with E-state index in [4.69, 9.17) is 5.73 Å².